The van der Waals surface area contributed by atoms with Gasteiger partial charge in [-0.25, -0.2) is 4.39 Å². The molecule has 0 amide bonds. The van der Waals surface area contributed by atoms with Crippen molar-refractivity contribution in [3.63, 3.8) is 0 Å². The van der Waals surface area contributed by atoms with Crippen LogP contribution in [0.2, 0.25) is 0 Å². The van der Waals surface area contributed by atoms with E-state index in [0.717, 1.165) is 24.7 Å². The number of hydrogen-bond acceptors (Lipinski definition) is 0. The Balaban J connectivity index is 2.03. The fourth-order valence-electron chi connectivity index (χ4n) is 4.73. The molecule has 4 rings (SSSR count). The highest BCUT2D eigenvalue weighted by molar-refractivity contribution is 5.10. The molecule has 0 nitrogen and oxygen atoms in total. The number of hydrogen-bond donors (Lipinski definition) is 0. The molecule has 74 valence electrons. The summed E-state index contributed by atoms with van der Waals surface area (Å²) in [5.41, 5.74) is -0.433. The van der Waals surface area contributed by atoms with E-state index in [-0.39, 0.29) is 0 Å². The monoisotopic (exact) mass is 182 g/mol. The second kappa shape index (κ2) is 2.12. The van der Waals surface area contributed by atoms with Crippen molar-refractivity contribution < 1.29 is 4.39 Å². The summed E-state index contributed by atoms with van der Waals surface area (Å²) >= 11 is 0. The van der Waals surface area contributed by atoms with E-state index < -0.39 is 5.67 Å². The van der Waals surface area contributed by atoms with E-state index in [0.29, 0.717) is 11.3 Å². The SMILES string of the molecule is CC1C2(C)C[C@H]3C[C@@H](C2)CC1(F)C3. The quantitative estimate of drug-likeness (QED) is 0.537. The molecule has 0 N–H and O–H groups in total. The van der Waals surface area contributed by atoms with Crippen LogP contribution < -0.4 is 0 Å². The minimum atomic E-state index is -0.779. The third kappa shape index (κ3) is 0.911. The van der Waals surface area contributed by atoms with E-state index in [2.05, 4.69) is 13.8 Å². The number of halogens is 1. The first kappa shape index (κ1) is 8.26. The molecule has 0 aromatic rings. The molecule has 0 spiro atoms. The molecule has 4 aliphatic carbocycles. The Morgan fingerprint density at radius 3 is 2.08 bits per heavy atom. The van der Waals surface area contributed by atoms with Crippen LogP contribution in [0, 0.1) is 23.2 Å². The van der Waals surface area contributed by atoms with Crippen molar-refractivity contribution in [2.75, 3.05) is 0 Å². The lowest BCUT2D eigenvalue weighted by molar-refractivity contribution is -0.162. The fourth-order valence-corrected chi connectivity index (χ4v) is 4.73. The Kier molecular flexibility index (Phi) is 1.35. The molecule has 0 aromatic heterocycles. The molecule has 0 heterocycles. The highest BCUT2D eigenvalue weighted by Crippen LogP contribution is 2.65. The Hall–Kier alpha value is -0.0700. The molecule has 3 unspecified atom stereocenters. The van der Waals surface area contributed by atoms with Gasteiger partial charge in [0, 0.05) is 0 Å². The van der Waals surface area contributed by atoms with Crippen molar-refractivity contribution in [3.05, 3.63) is 0 Å². The van der Waals surface area contributed by atoms with Crippen LogP contribution in [0.25, 0.3) is 0 Å². The summed E-state index contributed by atoms with van der Waals surface area (Å²) in [5.74, 6) is 1.75. The molecule has 4 fully saturated rings. The lowest BCUT2D eigenvalue weighted by Crippen LogP contribution is -2.58. The summed E-state index contributed by atoms with van der Waals surface area (Å²) < 4.78 is 14.5. The van der Waals surface area contributed by atoms with Gasteiger partial charge in [0.15, 0.2) is 0 Å². The third-order valence-electron chi connectivity index (χ3n) is 5.25. The van der Waals surface area contributed by atoms with Crippen molar-refractivity contribution >= 4 is 0 Å². The molecule has 4 bridgehead atoms. The fraction of sp³-hybridized carbons (Fsp3) is 1.00. The highest BCUT2D eigenvalue weighted by atomic mass is 19.1. The van der Waals surface area contributed by atoms with Gasteiger partial charge in [-0.2, -0.15) is 0 Å². The summed E-state index contributed by atoms with van der Waals surface area (Å²) in [5, 5.41) is 0. The van der Waals surface area contributed by atoms with Gasteiger partial charge < -0.3 is 0 Å². The zero-order valence-electron chi connectivity index (χ0n) is 8.65. The largest absolute Gasteiger partial charge is 0.244 e. The molecule has 1 heteroatoms. The molecular formula is C12H19F. The summed E-state index contributed by atoms with van der Waals surface area (Å²) in [6.07, 6.45) is 5.68. The maximum atomic E-state index is 14.5. The van der Waals surface area contributed by atoms with Gasteiger partial charge in [0.05, 0.1) is 0 Å². The van der Waals surface area contributed by atoms with Crippen LogP contribution in [0.15, 0.2) is 0 Å². The van der Waals surface area contributed by atoms with Crippen LogP contribution in [0.4, 0.5) is 4.39 Å². The van der Waals surface area contributed by atoms with Crippen LogP contribution in [-0.4, -0.2) is 5.67 Å². The molecule has 5 atom stereocenters. The zero-order valence-corrected chi connectivity index (χ0v) is 8.65. The summed E-state index contributed by atoms with van der Waals surface area (Å²) in [6, 6.07) is 0. The minimum absolute atomic E-state index is 0.313. The van der Waals surface area contributed by atoms with Gasteiger partial charge in [0.1, 0.15) is 5.67 Å². The van der Waals surface area contributed by atoms with Crippen molar-refractivity contribution in [2.24, 2.45) is 23.2 Å². The molecular weight excluding hydrogens is 163 g/mol. The third-order valence-corrected chi connectivity index (χ3v) is 5.25. The first-order valence-electron chi connectivity index (χ1n) is 5.71. The maximum absolute atomic E-state index is 14.5. The normalized spacial score (nSPS) is 64.4. The van der Waals surface area contributed by atoms with Crippen LogP contribution in [0.1, 0.15) is 46.0 Å². The lowest BCUT2D eigenvalue weighted by atomic mass is 9.45. The first-order chi connectivity index (χ1) is 6.02. The van der Waals surface area contributed by atoms with Gasteiger partial charge in [0.25, 0.3) is 0 Å². The Labute approximate surface area is 79.9 Å². The summed E-state index contributed by atoms with van der Waals surface area (Å²) in [4.78, 5) is 0. The second-order valence-corrected chi connectivity index (χ2v) is 6.19. The minimum Gasteiger partial charge on any atom is -0.244 e. The maximum Gasteiger partial charge on any atom is 0.114 e. The van der Waals surface area contributed by atoms with Crippen LogP contribution in [0.5, 0.6) is 0 Å². The van der Waals surface area contributed by atoms with Crippen LogP contribution in [0.3, 0.4) is 0 Å². The highest BCUT2D eigenvalue weighted by Gasteiger charge is 2.60. The summed E-state index contributed by atoms with van der Waals surface area (Å²) in [7, 11) is 0. The van der Waals surface area contributed by atoms with Crippen molar-refractivity contribution in [1.29, 1.82) is 0 Å². The Morgan fingerprint density at radius 2 is 1.62 bits per heavy atom. The molecule has 0 saturated heterocycles. The van der Waals surface area contributed by atoms with Gasteiger partial charge >= 0.3 is 0 Å². The molecule has 0 aromatic carbocycles. The predicted molar refractivity (Wildman–Crippen MR) is 51.2 cm³/mol. The zero-order chi connectivity index (χ0) is 9.27. The van der Waals surface area contributed by atoms with Gasteiger partial charge in [-0.15, -0.1) is 0 Å². The van der Waals surface area contributed by atoms with E-state index in [1.807, 2.05) is 0 Å². The summed E-state index contributed by atoms with van der Waals surface area (Å²) in [6.45, 7) is 4.47. The van der Waals surface area contributed by atoms with E-state index in [1.165, 1.54) is 19.3 Å². The molecule has 0 radical (unpaired) electrons. The van der Waals surface area contributed by atoms with Crippen molar-refractivity contribution in [1.82, 2.24) is 0 Å². The van der Waals surface area contributed by atoms with Gasteiger partial charge in [-0.3, -0.25) is 0 Å². The van der Waals surface area contributed by atoms with Crippen molar-refractivity contribution in [3.8, 4) is 0 Å². The molecule has 4 saturated carbocycles. The number of alkyl halides is 1. The smallest absolute Gasteiger partial charge is 0.114 e. The average molecular weight is 182 g/mol. The topological polar surface area (TPSA) is 0 Å². The predicted octanol–water partition coefficient (Wildman–Crippen LogP) is 3.56. The second-order valence-electron chi connectivity index (χ2n) is 6.19. The molecule has 0 aliphatic heterocycles. The number of rotatable bonds is 0. The Bertz CT molecular complexity index is 210. The standard InChI is InChI=1S/C12H19F/c1-8-11(2)4-9-3-10(5-11)7-12(8,13)6-9/h8-10H,3-7H2,1-2H3/t8?,9-,10+,11?,12?. The van der Waals surface area contributed by atoms with Crippen LogP contribution >= 0.6 is 0 Å². The lowest BCUT2D eigenvalue weighted by Gasteiger charge is -2.62. The first-order valence-corrected chi connectivity index (χ1v) is 5.71. The van der Waals surface area contributed by atoms with E-state index in [4.69, 9.17) is 0 Å². The van der Waals surface area contributed by atoms with Gasteiger partial charge in [0.2, 0.25) is 0 Å². The molecule has 13 heavy (non-hydrogen) atoms. The molecule has 4 aliphatic rings. The van der Waals surface area contributed by atoms with E-state index in [1.54, 1.807) is 0 Å². The van der Waals surface area contributed by atoms with Crippen molar-refractivity contribution in [2.45, 2.75) is 51.6 Å². The van der Waals surface area contributed by atoms with Gasteiger partial charge in [-0.05, 0) is 55.3 Å². The Morgan fingerprint density at radius 1 is 1.08 bits per heavy atom. The van der Waals surface area contributed by atoms with Gasteiger partial charge in [-0.1, -0.05) is 13.8 Å². The van der Waals surface area contributed by atoms with Crippen LogP contribution in [-0.2, 0) is 0 Å². The van der Waals surface area contributed by atoms with E-state index in [9.17, 15) is 4.39 Å². The average Bonchev–Trinajstić information content (AvgIpc) is 1.97. The van der Waals surface area contributed by atoms with E-state index >= 15 is 0 Å².